The number of hydrogen-bond acceptors (Lipinski definition) is 9. The summed E-state index contributed by atoms with van der Waals surface area (Å²) in [4.78, 5) is 13.7. The van der Waals surface area contributed by atoms with Crippen LogP contribution in [0.4, 0.5) is 4.79 Å². The number of carbonyl (C=O) groups excluding carboxylic acids is 1. The van der Waals surface area contributed by atoms with E-state index in [1.165, 1.54) is 0 Å². The van der Waals surface area contributed by atoms with Crippen LogP contribution in [-0.4, -0.2) is 102 Å². The first-order valence-electron chi connectivity index (χ1n) is 17.8. The topological polar surface area (TPSA) is 102 Å². The van der Waals surface area contributed by atoms with Crippen molar-refractivity contribution in [3.63, 3.8) is 0 Å². The summed E-state index contributed by atoms with van der Waals surface area (Å²) in [5.41, 5.74) is 1.44. The van der Waals surface area contributed by atoms with Crippen molar-refractivity contribution in [3.05, 3.63) is 58.6 Å². The lowest BCUT2D eigenvalue weighted by atomic mass is 9.47. The SMILES string of the molecule is COCC1=C(OC)C(COC)=C(OC)C(COCC(OC(O)C23CC4CC(CC(OC(=O)[N+](C)(C)C(C)(C)C)(C4)C2)C3)c2ccccc2)C1. The molecule has 10 nitrogen and oxygen atoms in total. The summed E-state index contributed by atoms with van der Waals surface area (Å²) >= 11 is 0. The fourth-order valence-corrected chi connectivity index (χ4v) is 9.05. The lowest BCUT2D eigenvalue weighted by Gasteiger charge is -2.62. The summed E-state index contributed by atoms with van der Waals surface area (Å²) in [6.45, 7) is 7.57. The molecule has 5 unspecified atom stereocenters. The first kappa shape index (κ1) is 37.8. The molecule has 0 heterocycles. The molecule has 49 heavy (non-hydrogen) atoms. The van der Waals surface area contributed by atoms with Crippen LogP contribution in [0.5, 0.6) is 0 Å². The third kappa shape index (κ3) is 7.75. The number of aliphatic hydroxyl groups is 1. The van der Waals surface area contributed by atoms with E-state index in [9.17, 15) is 9.90 Å². The van der Waals surface area contributed by atoms with Crippen LogP contribution in [0, 0.1) is 23.2 Å². The maximum Gasteiger partial charge on any atom is 0.516 e. The number of quaternary nitrogens is 1. The van der Waals surface area contributed by atoms with E-state index in [0.29, 0.717) is 44.5 Å². The quantitative estimate of drug-likeness (QED) is 0.163. The van der Waals surface area contributed by atoms with Gasteiger partial charge in [0, 0.05) is 25.6 Å². The highest BCUT2D eigenvalue weighted by Gasteiger charge is 2.63. The summed E-state index contributed by atoms with van der Waals surface area (Å²) in [7, 11) is 10.5. The largest absolute Gasteiger partial charge is 0.516 e. The second kappa shape index (κ2) is 15.0. The minimum absolute atomic E-state index is 0.0750. The van der Waals surface area contributed by atoms with Gasteiger partial charge in [0.15, 0.2) is 6.29 Å². The zero-order valence-corrected chi connectivity index (χ0v) is 31.2. The molecule has 5 aliphatic carbocycles. The molecule has 0 aromatic heterocycles. The van der Waals surface area contributed by atoms with Crippen LogP contribution in [0.3, 0.4) is 0 Å². The van der Waals surface area contributed by atoms with Crippen molar-refractivity contribution in [2.75, 3.05) is 69.0 Å². The molecule has 6 rings (SSSR count). The molecule has 4 fully saturated rings. The van der Waals surface area contributed by atoms with E-state index >= 15 is 0 Å². The molecular formula is C39H60NO9+. The summed E-state index contributed by atoms with van der Waals surface area (Å²) in [5.74, 6) is 2.22. The van der Waals surface area contributed by atoms with E-state index in [0.717, 1.165) is 60.3 Å². The predicted molar refractivity (Wildman–Crippen MR) is 185 cm³/mol. The lowest BCUT2D eigenvalue weighted by Crippen LogP contribution is -2.64. The molecule has 4 bridgehead atoms. The van der Waals surface area contributed by atoms with Gasteiger partial charge >= 0.3 is 6.09 Å². The van der Waals surface area contributed by atoms with Crippen LogP contribution in [0.2, 0.25) is 0 Å². The summed E-state index contributed by atoms with van der Waals surface area (Å²) in [6.07, 6.45) is 4.07. The second-order valence-corrected chi connectivity index (χ2v) is 16.4. The monoisotopic (exact) mass is 686 g/mol. The van der Waals surface area contributed by atoms with Gasteiger partial charge in [-0.2, -0.15) is 4.79 Å². The Kier molecular flexibility index (Phi) is 11.6. The standard InChI is InChI=1S/C39H60NO9/c1-37(2,3)40(4,5)36(42)49-39-19-26-15-27(20-39)18-38(17-26,25-39)35(41)48-32(28-13-11-10-12-14-28)24-47-22-30-16-29(21-43-6)33(45-8)31(23-44-7)34(30)46-9/h10-14,26-27,30,32,35,41H,15-25H2,1-9H3/q+1. The predicted octanol–water partition coefficient (Wildman–Crippen LogP) is 6.54. The number of hydrogen-bond donors (Lipinski definition) is 1. The third-order valence-electron chi connectivity index (χ3n) is 11.9. The Balaban J connectivity index is 1.33. The van der Waals surface area contributed by atoms with Crippen LogP contribution >= 0.6 is 0 Å². The average Bonchev–Trinajstić information content (AvgIpc) is 3.03. The molecule has 274 valence electrons. The van der Waals surface area contributed by atoms with Crippen molar-refractivity contribution in [2.45, 2.75) is 89.3 Å². The van der Waals surface area contributed by atoms with Gasteiger partial charge in [-0.3, -0.25) is 0 Å². The Morgan fingerprint density at radius 3 is 2.18 bits per heavy atom. The van der Waals surface area contributed by atoms with E-state index < -0.39 is 23.4 Å². The lowest BCUT2D eigenvalue weighted by molar-refractivity contribution is -0.867. The minimum Gasteiger partial charge on any atom is -0.500 e. The van der Waals surface area contributed by atoms with E-state index in [-0.39, 0.29) is 28.6 Å². The highest BCUT2D eigenvalue weighted by molar-refractivity contribution is 5.60. The summed E-state index contributed by atoms with van der Waals surface area (Å²) in [5, 5.41) is 12.1. The third-order valence-corrected chi connectivity index (χ3v) is 11.9. The smallest absolute Gasteiger partial charge is 0.500 e. The first-order chi connectivity index (χ1) is 23.2. The van der Waals surface area contributed by atoms with Gasteiger partial charge in [-0.15, -0.1) is 0 Å². The van der Waals surface area contributed by atoms with Crippen LogP contribution < -0.4 is 0 Å². The number of carbonyl (C=O) groups is 1. The molecule has 5 aliphatic rings. The average molecular weight is 687 g/mol. The molecule has 0 radical (unpaired) electrons. The molecule has 4 saturated carbocycles. The Morgan fingerprint density at radius 2 is 1.61 bits per heavy atom. The molecule has 0 spiro atoms. The number of rotatable bonds is 15. The Labute approximate surface area is 293 Å². The van der Waals surface area contributed by atoms with Crippen molar-refractivity contribution in [3.8, 4) is 0 Å². The van der Waals surface area contributed by atoms with E-state index in [2.05, 4.69) is 20.8 Å². The summed E-state index contributed by atoms with van der Waals surface area (Å²) in [6, 6.07) is 9.95. The van der Waals surface area contributed by atoms with Gasteiger partial charge in [0.05, 0.1) is 60.3 Å². The van der Waals surface area contributed by atoms with Crippen LogP contribution in [-0.2, 0) is 33.2 Å². The van der Waals surface area contributed by atoms with Gasteiger partial charge in [0.25, 0.3) is 0 Å². The zero-order chi connectivity index (χ0) is 35.6. The van der Waals surface area contributed by atoms with Gasteiger partial charge in [0.2, 0.25) is 0 Å². The number of amides is 1. The molecular weight excluding hydrogens is 626 g/mol. The van der Waals surface area contributed by atoms with Crippen molar-refractivity contribution in [2.24, 2.45) is 23.2 Å². The van der Waals surface area contributed by atoms with Crippen molar-refractivity contribution < 1.29 is 47.5 Å². The van der Waals surface area contributed by atoms with Crippen molar-refractivity contribution in [1.29, 1.82) is 0 Å². The fourth-order valence-electron chi connectivity index (χ4n) is 9.05. The Hall–Kier alpha value is -2.47. The number of ether oxygens (including phenoxy) is 7. The number of aliphatic hydroxyl groups excluding tert-OH is 1. The van der Waals surface area contributed by atoms with E-state index in [4.69, 9.17) is 33.2 Å². The van der Waals surface area contributed by atoms with Gasteiger partial charge in [-0.25, -0.2) is 4.48 Å². The number of benzene rings is 1. The van der Waals surface area contributed by atoms with Crippen molar-refractivity contribution in [1.82, 2.24) is 0 Å². The molecule has 5 atom stereocenters. The minimum atomic E-state index is -1.03. The molecule has 1 amide bonds. The first-order valence-corrected chi connectivity index (χ1v) is 17.8. The Morgan fingerprint density at radius 1 is 0.959 bits per heavy atom. The maximum absolute atomic E-state index is 13.7. The van der Waals surface area contributed by atoms with E-state index in [1.54, 1.807) is 28.4 Å². The fraction of sp³-hybridized carbons (Fsp3) is 0.718. The molecule has 1 aromatic carbocycles. The van der Waals surface area contributed by atoms with Crippen LogP contribution in [0.1, 0.15) is 77.4 Å². The molecule has 10 heteroatoms. The van der Waals surface area contributed by atoms with Crippen LogP contribution in [0.15, 0.2) is 53.0 Å². The van der Waals surface area contributed by atoms with E-state index in [1.807, 2.05) is 44.4 Å². The van der Waals surface area contributed by atoms with Gasteiger partial charge in [-0.05, 0) is 88.7 Å². The van der Waals surface area contributed by atoms with Gasteiger partial charge in [-0.1, -0.05) is 30.3 Å². The zero-order valence-electron chi connectivity index (χ0n) is 31.2. The van der Waals surface area contributed by atoms with Gasteiger partial charge in [0.1, 0.15) is 28.8 Å². The van der Waals surface area contributed by atoms with Crippen molar-refractivity contribution >= 4 is 6.09 Å². The second-order valence-electron chi connectivity index (χ2n) is 16.4. The highest BCUT2D eigenvalue weighted by Crippen LogP contribution is 2.64. The maximum atomic E-state index is 13.7. The van der Waals surface area contributed by atoms with Crippen LogP contribution in [0.25, 0.3) is 0 Å². The molecule has 1 N–H and O–H groups in total. The Bertz CT molecular complexity index is 1350. The molecule has 0 aliphatic heterocycles. The van der Waals surface area contributed by atoms with Gasteiger partial charge < -0.3 is 38.3 Å². The summed E-state index contributed by atoms with van der Waals surface area (Å²) < 4.78 is 42.4. The number of methoxy groups -OCH3 is 4. The highest BCUT2D eigenvalue weighted by atomic mass is 16.6. The molecule has 1 aromatic rings. The number of nitrogens with zero attached hydrogens (tertiary/aromatic N) is 1. The normalized spacial score (nSPS) is 29.6. The molecule has 0 saturated heterocycles.